The molecule has 0 radical (unpaired) electrons. The monoisotopic (exact) mass is 542 g/mol. The molecule has 0 bridgehead atoms. The van der Waals surface area contributed by atoms with E-state index in [0.29, 0.717) is 6.54 Å². The fraction of sp³-hybridized carbons (Fsp3) is 0.200. The summed E-state index contributed by atoms with van der Waals surface area (Å²) in [6, 6.07) is 33.6. The van der Waals surface area contributed by atoms with Crippen molar-refractivity contribution in [3.63, 3.8) is 0 Å². The summed E-state index contributed by atoms with van der Waals surface area (Å²) in [6.45, 7) is 4.61. The third-order valence-electron chi connectivity index (χ3n) is 7.77. The van der Waals surface area contributed by atoms with Crippen molar-refractivity contribution < 1.29 is 9.59 Å². The van der Waals surface area contributed by atoms with Gasteiger partial charge in [0.15, 0.2) is 0 Å². The summed E-state index contributed by atoms with van der Waals surface area (Å²) >= 11 is 0. The molecule has 2 heterocycles. The molecule has 1 aromatic heterocycles. The molecule has 1 aliphatic rings. The minimum atomic E-state index is -0.318. The minimum Gasteiger partial charge on any atom is -0.316 e. The number of urea groups is 1. The summed E-state index contributed by atoms with van der Waals surface area (Å²) in [5.41, 5.74) is 5.70. The molecule has 41 heavy (non-hydrogen) atoms. The molecule has 4 aromatic carbocycles. The zero-order valence-electron chi connectivity index (χ0n) is 23.5. The molecule has 0 fully saturated rings. The lowest BCUT2D eigenvalue weighted by Crippen LogP contribution is -2.48. The highest BCUT2D eigenvalue weighted by Crippen LogP contribution is 2.42. The SMILES string of the molecule is CCCCN(CC(=O)N1c2ccccc2-n2cccc2C1c1cccc(C)c1)C(=O)Nc1cccc2ccccc12. The van der Waals surface area contributed by atoms with Gasteiger partial charge in [0.1, 0.15) is 12.6 Å². The van der Waals surface area contributed by atoms with Gasteiger partial charge in [-0.3, -0.25) is 9.69 Å². The van der Waals surface area contributed by atoms with E-state index in [1.807, 2.05) is 90.0 Å². The van der Waals surface area contributed by atoms with Crippen LogP contribution < -0.4 is 10.2 Å². The Morgan fingerprint density at radius 2 is 1.61 bits per heavy atom. The van der Waals surface area contributed by atoms with E-state index in [2.05, 4.69) is 48.0 Å². The van der Waals surface area contributed by atoms with Crippen LogP contribution in [0.4, 0.5) is 16.2 Å². The molecule has 6 heteroatoms. The Labute approximate surface area is 240 Å². The van der Waals surface area contributed by atoms with Crippen LogP contribution in [0.15, 0.2) is 109 Å². The van der Waals surface area contributed by atoms with Crippen molar-refractivity contribution in [2.24, 2.45) is 0 Å². The van der Waals surface area contributed by atoms with Crippen LogP contribution in [-0.2, 0) is 4.79 Å². The zero-order chi connectivity index (χ0) is 28.3. The number of aromatic nitrogens is 1. The number of rotatable bonds is 7. The molecule has 1 unspecified atom stereocenters. The van der Waals surface area contributed by atoms with Crippen molar-refractivity contribution in [3.8, 4) is 5.69 Å². The predicted octanol–water partition coefficient (Wildman–Crippen LogP) is 7.71. The van der Waals surface area contributed by atoms with Gasteiger partial charge < -0.3 is 14.8 Å². The Bertz CT molecular complexity index is 1720. The van der Waals surface area contributed by atoms with Gasteiger partial charge >= 0.3 is 6.03 Å². The number of para-hydroxylation sites is 2. The van der Waals surface area contributed by atoms with Gasteiger partial charge in [-0.25, -0.2) is 4.79 Å². The first-order valence-electron chi connectivity index (χ1n) is 14.2. The first-order valence-corrected chi connectivity index (χ1v) is 14.2. The summed E-state index contributed by atoms with van der Waals surface area (Å²) in [5.74, 6) is -0.124. The Morgan fingerprint density at radius 3 is 2.44 bits per heavy atom. The first kappa shape index (κ1) is 26.4. The van der Waals surface area contributed by atoms with Crippen LogP contribution in [0, 0.1) is 6.92 Å². The van der Waals surface area contributed by atoms with Gasteiger partial charge in [0.05, 0.1) is 22.8 Å². The highest BCUT2D eigenvalue weighted by atomic mass is 16.2. The van der Waals surface area contributed by atoms with E-state index < -0.39 is 0 Å². The minimum absolute atomic E-state index is 0.0338. The molecule has 1 atom stereocenters. The molecular formula is C35H34N4O2. The number of amides is 3. The molecule has 6 nitrogen and oxygen atoms in total. The molecule has 3 amide bonds. The molecule has 6 rings (SSSR count). The van der Waals surface area contributed by atoms with E-state index in [1.165, 1.54) is 0 Å². The zero-order valence-corrected chi connectivity index (χ0v) is 23.5. The van der Waals surface area contributed by atoms with Crippen molar-refractivity contribution >= 4 is 34.1 Å². The Morgan fingerprint density at radius 1 is 0.854 bits per heavy atom. The molecular weight excluding hydrogens is 508 g/mol. The van der Waals surface area contributed by atoms with E-state index >= 15 is 0 Å². The van der Waals surface area contributed by atoms with Crippen molar-refractivity contribution in [1.82, 2.24) is 9.47 Å². The summed E-state index contributed by atoms with van der Waals surface area (Å²) < 4.78 is 2.16. The maximum Gasteiger partial charge on any atom is 0.322 e. The van der Waals surface area contributed by atoms with Gasteiger partial charge in [-0.1, -0.05) is 91.7 Å². The Hall–Kier alpha value is -4.84. The lowest BCUT2D eigenvalue weighted by atomic mass is 9.96. The van der Waals surface area contributed by atoms with E-state index in [4.69, 9.17) is 0 Å². The van der Waals surface area contributed by atoms with Gasteiger partial charge in [0.25, 0.3) is 0 Å². The van der Waals surface area contributed by atoms with Crippen LogP contribution in [0.2, 0.25) is 0 Å². The topological polar surface area (TPSA) is 57.6 Å². The van der Waals surface area contributed by atoms with Gasteiger partial charge in [-0.05, 0) is 54.6 Å². The van der Waals surface area contributed by atoms with E-state index in [-0.39, 0.29) is 24.5 Å². The number of aryl methyl sites for hydroxylation is 1. The van der Waals surface area contributed by atoms with Gasteiger partial charge in [-0.15, -0.1) is 0 Å². The van der Waals surface area contributed by atoms with Gasteiger partial charge in [0, 0.05) is 18.1 Å². The number of unbranched alkanes of at least 4 members (excludes halogenated alkanes) is 1. The lowest BCUT2D eigenvalue weighted by Gasteiger charge is -2.39. The van der Waals surface area contributed by atoms with Crippen molar-refractivity contribution in [3.05, 3.63) is 126 Å². The van der Waals surface area contributed by atoms with E-state index in [1.54, 1.807) is 4.90 Å². The van der Waals surface area contributed by atoms with Crippen LogP contribution in [0.25, 0.3) is 16.5 Å². The summed E-state index contributed by atoms with van der Waals surface area (Å²) in [5, 5.41) is 5.11. The Kier molecular flexibility index (Phi) is 7.30. The number of benzene rings is 4. The molecule has 0 aliphatic carbocycles. The molecule has 5 aromatic rings. The first-order chi connectivity index (χ1) is 20.0. The number of carbonyl (C=O) groups is 2. The van der Waals surface area contributed by atoms with Crippen LogP contribution in [0.5, 0.6) is 0 Å². The largest absolute Gasteiger partial charge is 0.322 e. The average molecular weight is 543 g/mol. The normalized spacial score (nSPS) is 13.9. The smallest absolute Gasteiger partial charge is 0.316 e. The molecule has 0 saturated heterocycles. The number of nitrogens with one attached hydrogen (secondary N) is 1. The fourth-order valence-electron chi connectivity index (χ4n) is 5.79. The molecule has 1 aliphatic heterocycles. The number of nitrogens with zero attached hydrogens (tertiary/aromatic N) is 3. The summed E-state index contributed by atoms with van der Waals surface area (Å²) in [6.07, 6.45) is 3.76. The predicted molar refractivity (Wildman–Crippen MR) is 166 cm³/mol. The van der Waals surface area contributed by atoms with E-state index in [0.717, 1.165) is 57.5 Å². The summed E-state index contributed by atoms with van der Waals surface area (Å²) in [4.78, 5) is 31.6. The second-order valence-corrected chi connectivity index (χ2v) is 10.6. The maximum absolute atomic E-state index is 14.4. The number of hydrogen-bond donors (Lipinski definition) is 1. The Balaban J connectivity index is 1.35. The van der Waals surface area contributed by atoms with Crippen molar-refractivity contribution in [1.29, 1.82) is 0 Å². The molecule has 1 N–H and O–H groups in total. The van der Waals surface area contributed by atoms with Crippen LogP contribution in [0.1, 0.15) is 42.6 Å². The number of hydrogen-bond acceptors (Lipinski definition) is 2. The third kappa shape index (κ3) is 5.09. The van der Waals surface area contributed by atoms with Crippen LogP contribution in [0.3, 0.4) is 0 Å². The highest BCUT2D eigenvalue weighted by Gasteiger charge is 2.37. The number of fused-ring (bicyclic) bond motifs is 4. The lowest BCUT2D eigenvalue weighted by molar-refractivity contribution is -0.119. The number of carbonyl (C=O) groups excluding carboxylic acids is 2. The number of anilines is 2. The van der Waals surface area contributed by atoms with Crippen LogP contribution >= 0.6 is 0 Å². The second-order valence-electron chi connectivity index (χ2n) is 10.6. The standard InChI is InChI=1S/C35H34N4O2/c1-3-4-21-37(35(41)36-29-17-10-14-26-13-5-6-16-28(26)29)24-33(40)39-31-19-8-7-18-30(31)38-22-11-20-32(38)34(39)27-15-9-12-25(2)23-27/h5-20,22-23,34H,3-4,21,24H2,1-2H3,(H,36,41). The van der Waals surface area contributed by atoms with Gasteiger partial charge in [-0.2, -0.15) is 0 Å². The second kappa shape index (κ2) is 11.3. The molecule has 206 valence electrons. The van der Waals surface area contributed by atoms with Crippen LogP contribution in [-0.4, -0.2) is 34.5 Å². The van der Waals surface area contributed by atoms with Gasteiger partial charge in [0.2, 0.25) is 5.91 Å². The third-order valence-corrected chi connectivity index (χ3v) is 7.77. The summed E-state index contributed by atoms with van der Waals surface area (Å²) in [7, 11) is 0. The maximum atomic E-state index is 14.4. The highest BCUT2D eigenvalue weighted by molar-refractivity contribution is 6.04. The van der Waals surface area contributed by atoms with Crippen molar-refractivity contribution in [2.45, 2.75) is 32.7 Å². The average Bonchev–Trinajstić information content (AvgIpc) is 3.49. The van der Waals surface area contributed by atoms with E-state index in [9.17, 15) is 9.59 Å². The van der Waals surface area contributed by atoms with Crippen molar-refractivity contribution in [2.75, 3.05) is 23.3 Å². The molecule has 0 saturated carbocycles. The fourth-order valence-corrected chi connectivity index (χ4v) is 5.79. The molecule has 0 spiro atoms. The quantitative estimate of drug-likeness (QED) is 0.229.